The van der Waals surface area contributed by atoms with Gasteiger partial charge < -0.3 is 9.47 Å². The van der Waals surface area contributed by atoms with Gasteiger partial charge in [0.15, 0.2) is 0 Å². The summed E-state index contributed by atoms with van der Waals surface area (Å²) in [6.07, 6.45) is 0.344. The van der Waals surface area contributed by atoms with Crippen LogP contribution in [0.3, 0.4) is 0 Å². The molecule has 66 valence electrons. The van der Waals surface area contributed by atoms with Crippen molar-refractivity contribution < 1.29 is 9.47 Å². The van der Waals surface area contributed by atoms with Crippen LogP contribution in [0.25, 0.3) is 0 Å². The summed E-state index contributed by atoms with van der Waals surface area (Å²) in [6.45, 7) is 8.37. The lowest BCUT2D eigenvalue weighted by Crippen LogP contribution is -2.45. The smallest absolute Gasteiger partial charge is 0.0691 e. The first-order valence-corrected chi connectivity index (χ1v) is 4.16. The van der Waals surface area contributed by atoms with Gasteiger partial charge in [-0.15, -0.1) is 0 Å². The highest BCUT2D eigenvalue weighted by Crippen LogP contribution is 2.31. The van der Waals surface area contributed by atoms with E-state index in [1.807, 2.05) is 0 Å². The monoisotopic (exact) mass is 158 g/mol. The second-order valence-electron chi connectivity index (χ2n) is 4.32. The highest BCUT2D eigenvalue weighted by molar-refractivity contribution is 4.84. The zero-order valence-corrected chi connectivity index (χ0v) is 7.89. The second-order valence-corrected chi connectivity index (χ2v) is 4.32. The van der Waals surface area contributed by atoms with Crippen molar-refractivity contribution in [2.24, 2.45) is 11.3 Å². The van der Waals surface area contributed by atoms with E-state index in [4.69, 9.17) is 9.47 Å². The van der Waals surface area contributed by atoms with Crippen LogP contribution in [-0.2, 0) is 9.47 Å². The van der Waals surface area contributed by atoms with E-state index in [2.05, 4.69) is 20.8 Å². The van der Waals surface area contributed by atoms with Crippen LogP contribution >= 0.6 is 0 Å². The van der Waals surface area contributed by atoms with E-state index in [0.29, 0.717) is 12.0 Å². The summed E-state index contributed by atoms with van der Waals surface area (Å²) < 4.78 is 10.6. The summed E-state index contributed by atoms with van der Waals surface area (Å²) in [5, 5.41) is 0. The molecule has 11 heavy (non-hydrogen) atoms. The maximum Gasteiger partial charge on any atom is 0.0691 e. The van der Waals surface area contributed by atoms with Crippen molar-refractivity contribution in [3.8, 4) is 0 Å². The van der Waals surface area contributed by atoms with Crippen LogP contribution < -0.4 is 0 Å². The molecule has 1 unspecified atom stereocenters. The molecule has 0 aromatic rings. The Hall–Kier alpha value is -0.0800. The molecule has 0 N–H and O–H groups in total. The van der Waals surface area contributed by atoms with Crippen molar-refractivity contribution in [1.82, 2.24) is 0 Å². The van der Waals surface area contributed by atoms with E-state index in [1.54, 1.807) is 7.11 Å². The summed E-state index contributed by atoms with van der Waals surface area (Å²) in [5.41, 5.74) is 0.239. The van der Waals surface area contributed by atoms with E-state index in [1.165, 1.54) is 0 Å². The van der Waals surface area contributed by atoms with Gasteiger partial charge in [0.1, 0.15) is 0 Å². The molecule has 1 saturated heterocycles. The molecule has 0 spiro atoms. The van der Waals surface area contributed by atoms with Crippen LogP contribution in [-0.4, -0.2) is 26.4 Å². The minimum absolute atomic E-state index is 0.239. The Bertz CT molecular complexity index is 122. The largest absolute Gasteiger partial charge is 0.380 e. The van der Waals surface area contributed by atoms with E-state index in [0.717, 1.165) is 13.2 Å². The third-order valence-corrected chi connectivity index (χ3v) is 2.20. The van der Waals surface area contributed by atoms with Crippen LogP contribution in [0.5, 0.6) is 0 Å². The maximum atomic E-state index is 5.44. The fourth-order valence-corrected chi connectivity index (χ4v) is 1.68. The molecule has 1 rings (SSSR count). The van der Waals surface area contributed by atoms with Gasteiger partial charge in [-0.2, -0.15) is 0 Å². The lowest BCUT2D eigenvalue weighted by molar-refractivity contribution is -0.136. The minimum Gasteiger partial charge on any atom is -0.380 e. The second kappa shape index (κ2) is 3.11. The Morgan fingerprint density at radius 1 is 1.36 bits per heavy atom. The molecule has 2 heteroatoms. The lowest BCUT2D eigenvalue weighted by atomic mass is 9.80. The molecule has 2 nitrogen and oxygen atoms in total. The van der Waals surface area contributed by atoms with Crippen LogP contribution in [0.2, 0.25) is 0 Å². The molecular formula is C9H18O2. The Kier molecular flexibility index (Phi) is 2.55. The fraction of sp³-hybridized carbons (Fsp3) is 1.00. The van der Waals surface area contributed by atoms with Crippen molar-refractivity contribution in [2.45, 2.75) is 26.9 Å². The Labute approximate surface area is 68.9 Å². The summed E-state index contributed by atoms with van der Waals surface area (Å²) in [4.78, 5) is 0. The van der Waals surface area contributed by atoms with Crippen molar-refractivity contribution in [2.75, 3.05) is 20.3 Å². The average molecular weight is 158 g/mol. The SMILES string of the molecule is COC(C1COC1)C(C)(C)C. The first-order valence-electron chi connectivity index (χ1n) is 4.16. The molecule has 0 aromatic carbocycles. The van der Waals surface area contributed by atoms with E-state index in [-0.39, 0.29) is 5.41 Å². The molecule has 0 radical (unpaired) electrons. The quantitative estimate of drug-likeness (QED) is 0.609. The predicted octanol–water partition coefficient (Wildman–Crippen LogP) is 1.69. The molecule has 0 aliphatic carbocycles. The van der Waals surface area contributed by atoms with Gasteiger partial charge in [0, 0.05) is 13.0 Å². The third-order valence-electron chi connectivity index (χ3n) is 2.20. The van der Waals surface area contributed by atoms with Crippen molar-refractivity contribution in [3.63, 3.8) is 0 Å². The summed E-state index contributed by atoms with van der Waals surface area (Å²) in [6, 6.07) is 0. The third kappa shape index (κ3) is 1.94. The number of hydrogen-bond acceptors (Lipinski definition) is 2. The van der Waals surface area contributed by atoms with Crippen LogP contribution in [0.1, 0.15) is 20.8 Å². The molecule has 1 atom stereocenters. The van der Waals surface area contributed by atoms with E-state index in [9.17, 15) is 0 Å². The highest BCUT2D eigenvalue weighted by atomic mass is 16.5. The number of methoxy groups -OCH3 is 1. The fourth-order valence-electron chi connectivity index (χ4n) is 1.68. The van der Waals surface area contributed by atoms with Gasteiger partial charge in [-0.1, -0.05) is 20.8 Å². The molecule has 1 aliphatic rings. The van der Waals surface area contributed by atoms with E-state index >= 15 is 0 Å². The summed E-state index contributed by atoms with van der Waals surface area (Å²) in [5.74, 6) is 0.611. The Balaban J connectivity index is 2.48. The molecule has 0 bridgehead atoms. The van der Waals surface area contributed by atoms with Crippen molar-refractivity contribution in [1.29, 1.82) is 0 Å². The van der Waals surface area contributed by atoms with Crippen LogP contribution in [0, 0.1) is 11.3 Å². The van der Waals surface area contributed by atoms with Gasteiger partial charge in [-0.05, 0) is 5.41 Å². The zero-order chi connectivity index (χ0) is 8.48. The van der Waals surface area contributed by atoms with Crippen molar-refractivity contribution >= 4 is 0 Å². The highest BCUT2D eigenvalue weighted by Gasteiger charge is 2.36. The Morgan fingerprint density at radius 2 is 1.91 bits per heavy atom. The average Bonchev–Trinajstić information content (AvgIpc) is 1.74. The lowest BCUT2D eigenvalue weighted by Gasteiger charge is -2.40. The summed E-state index contributed by atoms with van der Waals surface area (Å²) in [7, 11) is 1.79. The molecule has 1 heterocycles. The minimum atomic E-state index is 0.239. The van der Waals surface area contributed by atoms with E-state index < -0.39 is 0 Å². The van der Waals surface area contributed by atoms with Gasteiger partial charge in [0.25, 0.3) is 0 Å². The van der Waals surface area contributed by atoms with Crippen LogP contribution in [0.15, 0.2) is 0 Å². The summed E-state index contributed by atoms with van der Waals surface area (Å²) >= 11 is 0. The number of rotatable bonds is 2. The first-order chi connectivity index (χ1) is 5.05. The standard InChI is InChI=1S/C9H18O2/c1-9(2,3)8(10-4)7-5-11-6-7/h7-8H,5-6H2,1-4H3. The first kappa shape index (κ1) is 9.01. The molecule has 1 fully saturated rings. The predicted molar refractivity (Wildman–Crippen MR) is 44.6 cm³/mol. The van der Waals surface area contributed by atoms with Crippen molar-refractivity contribution in [3.05, 3.63) is 0 Å². The number of ether oxygens (including phenoxy) is 2. The Morgan fingerprint density at radius 3 is 2.00 bits per heavy atom. The zero-order valence-electron chi connectivity index (χ0n) is 7.89. The molecule has 0 aromatic heterocycles. The molecule has 0 saturated carbocycles. The van der Waals surface area contributed by atoms with Crippen LogP contribution in [0.4, 0.5) is 0 Å². The van der Waals surface area contributed by atoms with Gasteiger partial charge in [0.05, 0.1) is 19.3 Å². The van der Waals surface area contributed by atoms with Gasteiger partial charge in [-0.3, -0.25) is 0 Å². The topological polar surface area (TPSA) is 18.5 Å². The normalized spacial score (nSPS) is 22.9. The van der Waals surface area contributed by atoms with Gasteiger partial charge >= 0.3 is 0 Å². The maximum absolute atomic E-state index is 5.44. The van der Waals surface area contributed by atoms with Gasteiger partial charge in [0.2, 0.25) is 0 Å². The molecular weight excluding hydrogens is 140 g/mol. The van der Waals surface area contributed by atoms with Gasteiger partial charge in [-0.25, -0.2) is 0 Å². The number of hydrogen-bond donors (Lipinski definition) is 0. The molecule has 0 amide bonds. The molecule has 1 aliphatic heterocycles.